The molecule has 0 spiro atoms. The van der Waals surface area contributed by atoms with Crippen LogP contribution in [-0.4, -0.2) is 27.8 Å². The Balaban J connectivity index is 1.48. The van der Waals surface area contributed by atoms with Crippen LogP contribution in [0.15, 0.2) is 79.0 Å². The largest absolute Gasteiger partial charge is 0.325 e. The highest BCUT2D eigenvalue weighted by molar-refractivity contribution is 6.01. The van der Waals surface area contributed by atoms with Crippen molar-refractivity contribution >= 4 is 22.5 Å². The Kier molecular flexibility index (Phi) is 5.23. The van der Waals surface area contributed by atoms with Gasteiger partial charge in [-0.3, -0.25) is 4.79 Å². The summed E-state index contributed by atoms with van der Waals surface area (Å²) >= 11 is 0. The summed E-state index contributed by atoms with van der Waals surface area (Å²) in [5.74, 6) is -0.467. The molecule has 2 N–H and O–H groups in total. The molecule has 1 saturated heterocycles. The highest BCUT2D eigenvalue weighted by Gasteiger charge is 2.45. The van der Waals surface area contributed by atoms with Gasteiger partial charge < -0.3 is 10.6 Å². The Morgan fingerprint density at radius 3 is 2.44 bits per heavy atom. The Morgan fingerprint density at radius 1 is 1.00 bits per heavy atom. The van der Waals surface area contributed by atoms with Crippen molar-refractivity contribution in [1.82, 2.24) is 9.78 Å². The first-order valence-corrected chi connectivity index (χ1v) is 10.9. The molecule has 1 unspecified atom stereocenters. The van der Waals surface area contributed by atoms with E-state index < -0.39 is 0 Å². The van der Waals surface area contributed by atoms with Crippen molar-refractivity contribution in [2.24, 2.45) is 11.7 Å². The van der Waals surface area contributed by atoms with Gasteiger partial charge in [0.25, 0.3) is 0 Å². The van der Waals surface area contributed by atoms with Gasteiger partial charge in [0.1, 0.15) is 5.82 Å². The summed E-state index contributed by atoms with van der Waals surface area (Å²) in [5, 5.41) is 5.38. The van der Waals surface area contributed by atoms with Gasteiger partial charge in [-0.25, -0.2) is 9.07 Å². The van der Waals surface area contributed by atoms with E-state index in [1.807, 2.05) is 53.4 Å². The van der Waals surface area contributed by atoms with E-state index in [9.17, 15) is 9.18 Å². The van der Waals surface area contributed by atoms with Gasteiger partial charge in [-0.15, -0.1) is 0 Å². The first-order valence-electron chi connectivity index (χ1n) is 10.9. The van der Waals surface area contributed by atoms with E-state index in [1.54, 1.807) is 23.0 Å². The zero-order valence-electron chi connectivity index (χ0n) is 17.9. The Hall–Kier alpha value is -3.51. The summed E-state index contributed by atoms with van der Waals surface area (Å²) < 4.78 is 15.1. The monoisotopic (exact) mass is 428 g/mol. The zero-order chi connectivity index (χ0) is 22.2. The van der Waals surface area contributed by atoms with E-state index in [-0.39, 0.29) is 29.7 Å². The lowest BCUT2D eigenvalue weighted by Gasteiger charge is -2.26. The van der Waals surface area contributed by atoms with Crippen LogP contribution in [0.5, 0.6) is 0 Å². The number of nitrogens with two attached hydrogens (primary N) is 1. The number of fused-ring (bicyclic) bond motifs is 1. The van der Waals surface area contributed by atoms with Gasteiger partial charge in [-0.05, 0) is 60.9 Å². The molecule has 1 aliphatic heterocycles. The first kappa shape index (κ1) is 20.4. The highest BCUT2D eigenvalue weighted by atomic mass is 19.1. The fraction of sp³-hybridized carbons (Fsp3) is 0.231. The lowest BCUT2D eigenvalue weighted by Crippen LogP contribution is -2.41. The minimum Gasteiger partial charge on any atom is -0.325 e. The number of halogens is 1. The Bertz CT molecular complexity index is 1250. The van der Waals surface area contributed by atoms with Crippen molar-refractivity contribution in [1.29, 1.82) is 0 Å². The fourth-order valence-corrected chi connectivity index (χ4v) is 4.77. The minimum atomic E-state index is -0.285. The predicted octanol–water partition coefficient (Wildman–Crippen LogP) is 4.48. The molecule has 162 valence electrons. The number of anilines is 1. The summed E-state index contributed by atoms with van der Waals surface area (Å²) in [5.41, 5.74) is 10.2. The molecule has 4 aromatic rings. The average molecular weight is 429 g/mol. The maximum atomic E-state index is 13.5. The molecule has 0 bridgehead atoms. The van der Waals surface area contributed by atoms with Crippen molar-refractivity contribution in [3.8, 4) is 5.69 Å². The van der Waals surface area contributed by atoms with Crippen LogP contribution in [0.1, 0.15) is 18.9 Å². The topological polar surface area (TPSA) is 64.2 Å². The smallest absolute Gasteiger partial charge is 0.232 e. The number of rotatable bonds is 5. The molecule has 1 aromatic heterocycles. The second-order valence-corrected chi connectivity index (χ2v) is 8.33. The molecule has 2 heterocycles. The van der Waals surface area contributed by atoms with E-state index in [0.29, 0.717) is 6.42 Å². The van der Waals surface area contributed by atoms with E-state index >= 15 is 0 Å². The van der Waals surface area contributed by atoms with Crippen molar-refractivity contribution in [2.45, 2.75) is 31.8 Å². The molecule has 0 aliphatic carbocycles. The molecule has 32 heavy (non-hydrogen) atoms. The molecule has 6 heteroatoms. The number of aromatic nitrogens is 2. The molecule has 0 saturated carbocycles. The van der Waals surface area contributed by atoms with Crippen LogP contribution < -0.4 is 10.6 Å². The van der Waals surface area contributed by atoms with Crippen LogP contribution in [0.2, 0.25) is 0 Å². The molecule has 0 radical (unpaired) electrons. The molecular weight excluding hydrogens is 403 g/mol. The van der Waals surface area contributed by atoms with Crippen molar-refractivity contribution in [2.75, 3.05) is 4.90 Å². The average Bonchev–Trinajstić information content (AvgIpc) is 3.34. The maximum Gasteiger partial charge on any atom is 0.232 e. The lowest BCUT2D eigenvalue weighted by atomic mass is 9.91. The van der Waals surface area contributed by atoms with Gasteiger partial charge in [-0.1, -0.05) is 37.3 Å². The van der Waals surface area contributed by atoms with Crippen LogP contribution in [0.4, 0.5) is 10.1 Å². The standard InChI is InChI=1S/C26H25FN4O/c1-2-23-25(28)22(14-17-6-4-3-5-7-17)26(32)30(23)21-12-13-24-18(15-21)16-29-31(24)20-10-8-19(27)9-11-20/h3-13,15-16,22-23,25H,2,14,28H2,1H3/t22-,23?,25-/m0/s1. The third kappa shape index (κ3) is 3.46. The number of carbonyl (C=O) groups is 1. The Labute approximate surface area is 186 Å². The number of hydrogen-bond acceptors (Lipinski definition) is 3. The van der Waals surface area contributed by atoms with E-state index in [1.165, 1.54) is 12.1 Å². The van der Waals surface area contributed by atoms with E-state index in [2.05, 4.69) is 12.0 Å². The van der Waals surface area contributed by atoms with Crippen molar-refractivity contribution in [3.63, 3.8) is 0 Å². The Morgan fingerprint density at radius 2 is 1.72 bits per heavy atom. The van der Waals surface area contributed by atoms with Gasteiger partial charge in [0.2, 0.25) is 5.91 Å². The molecule has 3 atom stereocenters. The van der Waals surface area contributed by atoms with Crippen LogP contribution in [0.3, 0.4) is 0 Å². The second-order valence-electron chi connectivity index (χ2n) is 8.33. The normalized spacial score (nSPS) is 20.9. The van der Waals surface area contributed by atoms with E-state index in [4.69, 9.17) is 5.73 Å². The first-order chi connectivity index (χ1) is 15.6. The third-order valence-corrected chi connectivity index (χ3v) is 6.41. The summed E-state index contributed by atoms with van der Waals surface area (Å²) in [6.45, 7) is 2.07. The number of hydrogen-bond donors (Lipinski definition) is 1. The van der Waals surface area contributed by atoms with Gasteiger partial charge >= 0.3 is 0 Å². The molecule has 3 aromatic carbocycles. The van der Waals surface area contributed by atoms with Gasteiger partial charge in [-0.2, -0.15) is 5.10 Å². The molecule has 1 aliphatic rings. The molecule has 5 rings (SSSR count). The quantitative estimate of drug-likeness (QED) is 0.510. The van der Waals surface area contributed by atoms with Gasteiger partial charge in [0.15, 0.2) is 0 Å². The van der Waals surface area contributed by atoms with Crippen LogP contribution in [0.25, 0.3) is 16.6 Å². The second kappa shape index (κ2) is 8.20. The number of carbonyl (C=O) groups excluding carboxylic acids is 1. The number of benzene rings is 3. The van der Waals surface area contributed by atoms with Gasteiger partial charge in [0, 0.05) is 17.1 Å². The van der Waals surface area contributed by atoms with Crippen LogP contribution in [0, 0.1) is 11.7 Å². The SMILES string of the molecule is CCC1[C@@H](N)[C@H](Cc2ccccc2)C(=O)N1c1ccc2c(cnn2-c2ccc(F)cc2)c1. The third-order valence-electron chi connectivity index (χ3n) is 6.41. The number of amides is 1. The minimum absolute atomic E-state index is 0.0548. The molecular formula is C26H25FN4O. The fourth-order valence-electron chi connectivity index (χ4n) is 4.77. The van der Waals surface area contributed by atoms with Gasteiger partial charge in [0.05, 0.1) is 29.4 Å². The summed E-state index contributed by atoms with van der Waals surface area (Å²) in [4.78, 5) is 15.3. The summed E-state index contributed by atoms with van der Waals surface area (Å²) in [7, 11) is 0. The predicted molar refractivity (Wildman–Crippen MR) is 124 cm³/mol. The van der Waals surface area contributed by atoms with Crippen LogP contribution >= 0.6 is 0 Å². The van der Waals surface area contributed by atoms with Crippen molar-refractivity contribution in [3.05, 3.63) is 90.4 Å². The molecule has 5 nitrogen and oxygen atoms in total. The number of nitrogens with zero attached hydrogens (tertiary/aromatic N) is 3. The lowest BCUT2D eigenvalue weighted by molar-refractivity contribution is -0.120. The molecule has 1 fully saturated rings. The van der Waals surface area contributed by atoms with Crippen LogP contribution in [-0.2, 0) is 11.2 Å². The maximum absolute atomic E-state index is 13.5. The summed E-state index contributed by atoms with van der Waals surface area (Å²) in [6, 6.07) is 21.9. The van der Waals surface area contributed by atoms with Crippen molar-refractivity contribution < 1.29 is 9.18 Å². The molecule has 1 amide bonds. The zero-order valence-corrected chi connectivity index (χ0v) is 17.9. The van der Waals surface area contributed by atoms with E-state index in [0.717, 1.165) is 34.3 Å². The highest BCUT2D eigenvalue weighted by Crippen LogP contribution is 2.35. The summed E-state index contributed by atoms with van der Waals surface area (Å²) in [6.07, 6.45) is 3.19.